The minimum atomic E-state index is -4.49. The van der Waals surface area contributed by atoms with Gasteiger partial charge in [-0.25, -0.2) is 9.37 Å². The molecule has 1 saturated heterocycles. The lowest BCUT2D eigenvalue weighted by atomic mass is 9.96. The summed E-state index contributed by atoms with van der Waals surface area (Å²) in [6.45, 7) is 1.55. The summed E-state index contributed by atoms with van der Waals surface area (Å²) in [5, 5.41) is 2.90. The van der Waals surface area contributed by atoms with Crippen molar-refractivity contribution in [2.24, 2.45) is 5.92 Å². The van der Waals surface area contributed by atoms with E-state index in [1.54, 1.807) is 23.9 Å². The number of carbonyl (C=O) groups is 1. The number of alkyl halides is 3. The fraction of sp³-hybridized carbons (Fsp3) is 0.429. The Labute approximate surface area is 187 Å². The summed E-state index contributed by atoms with van der Waals surface area (Å²) >= 11 is 7.62. The molecule has 0 aliphatic carbocycles. The molecular weight excluding hydrogens is 454 g/mol. The molecule has 0 saturated carbocycles. The van der Waals surface area contributed by atoms with Gasteiger partial charge in [0.25, 0.3) is 0 Å². The zero-order chi connectivity index (χ0) is 22.4. The van der Waals surface area contributed by atoms with E-state index >= 15 is 0 Å². The van der Waals surface area contributed by atoms with Crippen LogP contribution >= 0.6 is 23.4 Å². The number of amides is 1. The second-order valence-corrected chi connectivity index (χ2v) is 8.81. The number of hydrogen-bond donors (Lipinski definition) is 1. The number of benzene rings is 1. The summed E-state index contributed by atoms with van der Waals surface area (Å²) in [6, 6.07) is 7.18. The van der Waals surface area contributed by atoms with Crippen LogP contribution in [-0.4, -0.2) is 36.3 Å². The smallest absolute Gasteiger partial charge is 0.356 e. The van der Waals surface area contributed by atoms with Gasteiger partial charge in [0.2, 0.25) is 5.91 Å². The number of piperidine rings is 1. The second kappa shape index (κ2) is 10.5. The summed E-state index contributed by atoms with van der Waals surface area (Å²) in [6.07, 6.45) is -1.76. The third-order valence-corrected chi connectivity index (χ3v) is 6.39. The molecule has 2 aromatic rings. The highest BCUT2D eigenvalue weighted by molar-refractivity contribution is 7.99. The molecule has 168 valence electrons. The first kappa shape index (κ1) is 23.7. The zero-order valence-electron chi connectivity index (χ0n) is 16.6. The highest BCUT2D eigenvalue weighted by Crippen LogP contribution is 2.34. The minimum Gasteiger partial charge on any atom is -0.356 e. The monoisotopic (exact) mass is 475 g/mol. The maximum Gasteiger partial charge on any atom is 0.417 e. The van der Waals surface area contributed by atoms with Crippen LogP contribution in [-0.2, 0) is 11.0 Å². The number of carbonyl (C=O) groups excluding carboxylic acids is 1. The average Bonchev–Trinajstić information content (AvgIpc) is 2.74. The lowest BCUT2D eigenvalue weighted by Crippen LogP contribution is -2.41. The molecule has 3 rings (SSSR count). The van der Waals surface area contributed by atoms with Crippen molar-refractivity contribution in [2.75, 3.05) is 30.3 Å². The van der Waals surface area contributed by atoms with Gasteiger partial charge >= 0.3 is 6.18 Å². The lowest BCUT2D eigenvalue weighted by molar-refractivity contribution is -0.137. The standard InChI is InChI=1S/C21H22ClF4N3OS/c22-18-12-15(21(24,25)26)13-28-19(18)29-9-6-14(7-10-29)20(30)27-8-1-11-31-17-4-2-16(23)3-5-17/h2-5,12-14H,1,6-11H2,(H,27,30). The van der Waals surface area contributed by atoms with E-state index in [-0.39, 0.29) is 22.7 Å². The third-order valence-electron chi connectivity index (χ3n) is 5.02. The molecule has 1 aliphatic heterocycles. The Hall–Kier alpha value is -2.00. The Morgan fingerprint density at radius 1 is 1.23 bits per heavy atom. The van der Waals surface area contributed by atoms with E-state index in [1.807, 2.05) is 4.90 Å². The molecule has 0 atom stereocenters. The average molecular weight is 476 g/mol. The second-order valence-electron chi connectivity index (χ2n) is 7.24. The molecule has 1 aliphatic rings. The van der Waals surface area contributed by atoms with Crippen molar-refractivity contribution in [3.05, 3.63) is 52.9 Å². The molecular formula is C21H22ClF4N3OS. The number of nitrogens with one attached hydrogen (secondary N) is 1. The molecule has 1 N–H and O–H groups in total. The maximum atomic E-state index is 12.9. The molecule has 2 heterocycles. The van der Waals surface area contributed by atoms with E-state index in [1.165, 1.54) is 12.1 Å². The van der Waals surface area contributed by atoms with Gasteiger partial charge in [-0.05, 0) is 55.3 Å². The number of anilines is 1. The Kier molecular flexibility index (Phi) is 8.05. The van der Waals surface area contributed by atoms with Gasteiger partial charge in [-0.3, -0.25) is 4.79 Å². The normalized spacial score (nSPS) is 15.2. The fourth-order valence-corrected chi connectivity index (χ4v) is 4.46. The first-order valence-corrected chi connectivity index (χ1v) is 11.2. The van der Waals surface area contributed by atoms with Crippen LogP contribution in [0.1, 0.15) is 24.8 Å². The minimum absolute atomic E-state index is 0.0158. The molecule has 1 fully saturated rings. The Bertz CT molecular complexity index is 887. The fourth-order valence-electron chi connectivity index (χ4n) is 3.32. The van der Waals surface area contributed by atoms with Crippen molar-refractivity contribution >= 4 is 35.1 Å². The third kappa shape index (κ3) is 6.74. The van der Waals surface area contributed by atoms with Gasteiger partial charge in [0.1, 0.15) is 11.6 Å². The van der Waals surface area contributed by atoms with Gasteiger partial charge in [0.05, 0.1) is 10.6 Å². The van der Waals surface area contributed by atoms with Crippen molar-refractivity contribution in [1.82, 2.24) is 10.3 Å². The van der Waals surface area contributed by atoms with Crippen molar-refractivity contribution in [3.63, 3.8) is 0 Å². The molecule has 1 amide bonds. The van der Waals surface area contributed by atoms with Gasteiger partial charge in [0, 0.05) is 36.6 Å². The van der Waals surface area contributed by atoms with Crippen LogP contribution in [0.2, 0.25) is 5.02 Å². The highest BCUT2D eigenvalue weighted by atomic mass is 35.5. The van der Waals surface area contributed by atoms with Crippen LogP contribution in [0.25, 0.3) is 0 Å². The summed E-state index contributed by atoms with van der Waals surface area (Å²) in [5.41, 5.74) is -0.881. The number of aromatic nitrogens is 1. The van der Waals surface area contributed by atoms with Crippen LogP contribution in [0.4, 0.5) is 23.4 Å². The van der Waals surface area contributed by atoms with Crippen LogP contribution in [0.15, 0.2) is 41.4 Å². The molecule has 1 aromatic carbocycles. The van der Waals surface area contributed by atoms with Crippen molar-refractivity contribution in [3.8, 4) is 0 Å². The van der Waals surface area contributed by atoms with E-state index in [4.69, 9.17) is 11.6 Å². The van der Waals surface area contributed by atoms with Crippen LogP contribution < -0.4 is 10.2 Å². The quantitative estimate of drug-likeness (QED) is 0.330. The molecule has 0 radical (unpaired) electrons. The van der Waals surface area contributed by atoms with Gasteiger partial charge in [-0.1, -0.05) is 11.6 Å². The highest BCUT2D eigenvalue weighted by Gasteiger charge is 2.33. The predicted molar refractivity (Wildman–Crippen MR) is 114 cm³/mol. The number of halogens is 5. The Morgan fingerprint density at radius 2 is 1.90 bits per heavy atom. The van der Waals surface area contributed by atoms with Crippen LogP contribution in [0.3, 0.4) is 0 Å². The van der Waals surface area contributed by atoms with Crippen LogP contribution in [0.5, 0.6) is 0 Å². The van der Waals surface area contributed by atoms with Gasteiger partial charge in [-0.2, -0.15) is 13.2 Å². The number of hydrogen-bond acceptors (Lipinski definition) is 4. The van der Waals surface area contributed by atoms with E-state index in [2.05, 4.69) is 10.3 Å². The van der Waals surface area contributed by atoms with E-state index < -0.39 is 11.7 Å². The van der Waals surface area contributed by atoms with Crippen molar-refractivity contribution in [2.45, 2.75) is 30.3 Å². The van der Waals surface area contributed by atoms with E-state index in [0.717, 1.165) is 29.3 Å². The molecule has 0 unspecified atom stereocenters. The van der Waals surface area contributed by atoms with Gasteiger partial charge in [0.15, 0.2) is 0 Å². The number of thioether (sulfide) groups is 1. The van der Waals surface area contributed by atoms with Crippen molar-refractivity contribution in [1.29, 1.82) is 0 Å². The molecule has 1 aromatic heterocycles. The number of rotatable bonds is 7. The van der Waals surface area contributed by atoms with E-state index in [9.17, 15) is 22.4 Å². The number of nitrogens with zero attached hydrogens (tertiary/aromatic N) is 2. The van der Waals surface area contributed by atoms with Crippen molar-refractivity contribution < 1.29 is 22.4 Å². The SMILES string of the molecule is O=C(NCCCSc1ccc(F)cc1)C1CCN(c2ncc(C(F)(F)F)cc2Cl)CC1. The largest absolute Gasteiger partial charge is 0.417 e. The molecule has 0 spiro atoms. The Balaban J connectivity index is 1.39. The van der Waals surface area contributed by atoms with Gasteiger partial charge in [-0.15, -0.1) is 11.8 Å². The summed E-state index contributed by atoms with van der Waals surface area (Å²) in [4.78, 5) is 19.1. The molecule has 10 heteroatoms. The van der Waals surface area contributed by atoms with E-state index in [0.29, 0.717) is 38.3 Å². The van der Waals surface area contributed by atoms with Crippen LogP contribution in [0, 0.1) is 11.7 Å². The maximum absolute atomic E-state index is 12.9. The summed E-state index contributed by atoms with van der Waals surface area (Å²) < 4.78 is 51.2. The Morgan fingerprint density at radius 3 is 2.52 bits per heavy atom. The first-order valence-electron chi connectivity index (χ1n) is 9.88. The zero-order valence-corrected chi connectivity index (χ0v) is 18.2. The summed E-state index contributed by atoms with van der Waals surface area (Å²) in [7, 11) is 0. The molecule has 31 heavy (non-hydrogen) atoms. The lowest BCUT2D eigenvalue weighted by Gasteiger charge is -2.32. The topological polar surface area (TPSA) is 45.2 Å². The molecule has 4 nitrogen and oxygen atoms in total. The van der Waals surface area contributed by atoms with Gasteiger partial charge < -0.3 is 10.2 Å². The summed E-state index contributed by atoms with van der Waals surface area (Å²) in [5.74, 6) is 0.695. The first-order chi connectivity index (χ1) is 14.7. The number of pyridine rings is 1. The molecule has 0 bridgehead atoms. The predicted octanol–water partition coefficient (Wildman–Crippen LogP) is 5.41.